The van der Waals surface area contributed by atoms with Crippen LogP contribution in [0.4, 0.5) is 11.4 Å². The van der Waals surface area contributed by atoms with E-state index in [1.807, 2.05) is 64.1 Å². The third-order valence-corrected chi connectivity index (χ3v) is 6.54. The van der Waals surface area contributed by atoms with Gasteiger partial charge < -0.3 is 10.1 Å². The summed E-state index contributed by atoms with van der Waals surface area (Å²) >= 11 is 1.34. The number of amides is 2. The second kappa shape index (κ2) is 10.1. The molecule has 0 aromatic heterocycles. The fourth-order valence-corrected chi connectivity index (χ4v) is 4.49. The second-order valence-corrected chi connectivity index (χ2v) is 8.94. The van der Waals surface area contributed by atoms with Gasteiger partial charge in [0.25, 0.3) is 0 Å². The van der Waals surface area contributed by atoms with E-state index in [1.165, 1.54) is 11.8 Å². The minimum absolute atomic E-state index is 0.0895. The van der Waals surface area contributed by atoms with E-state index in [1.54, 1.807) is 12.0 Å². The van der Waals surface area contributed by atoms with Crippen molar-refractivity contribution in [1.82, 2.24) is 4.90 Å². The van der Waals surface area contributed by atoms with Crippen molar-refractivity contribution in [2.24, 2.45) is 4.99 Å². The molecule has 2 amide bonds. The van der Waals surface area contributed by atoms with Gasteiger partial charge in [0, 0.05) is 19.2 Å². The number of thioether (sulfide) groups is 1. The second-order valence-electron chi connectivity index (χ2n) is 7.77. The van der Waals surface area contributed by atoms with Crippen LogP contribution < -0.4 is 5.32 Å². The van der Waals surface area contributed by atoms with Crippen molar-refractivity contribution in [3.63, 3.8) is 0 Å². The van der Waals surface area contributed by atoms with Gasteiger partial charge in [-0.15, -0.1) is 0 Å². The average Bonchev–Trinajstić information content (AvgIpc) is 3.01. The number of ether oxygens (including phenoxy) is 1. The van der Waals surface area contributed by atoms with E-state index in [2.05, 4.69) is 5.32 Å². The van der Waals surface area contributed by atoms with Crippen molar-refractivity contribution in [3.8, 4) is 0 Å². The Labute approximate surface area is 188 Å². The topological polar surface area (TPSA) is 71.0 Å². The molecule has 6 nitrogen and oxygen atoms in total. The van der Waals surface area contributed by atoms with E-state index in [0.717, 1.165) is 33.6 Å². The molecule has 1 heterocycles. The lowest BCUT2D eigenvalue weighted by Gasteiger charge is -2.16. The summed E-state index contributed by atoms with van der Waals surface area (Å²) in [5.41, 5.74) is 5.89. The lowest BCUT2D eigenvalue weighted by Crippen LogP contribution is -2.35. The van der Waals surface area contributed by atoms with Gasteiger partial charge >= 0.3 is 0 Å². The van der Waals surface area contributed by atoms with Crippen LogP contribution in [0.25, 0.3) is 0 Å². The Morgan fingerprint density at radius 1 is 1.16 bits per heavy atom. The first kappa shape index (κ1) is 23.0. The lowest BCUT2D eigenvalue weighted by atomic mass is 10.1. The van der Waals surface area contributed by atoms with Gasteiger partial charge in [0.1, 0.15) is 5.25 Å². The summed E-state index contributed by atoms with van der Waals surface area (Å²) in [5.74, 6) is -0.290. The van der Waals surface area contributed by atoms with Gasteiger partial charge in [-0.25, -0.2) is 4.99 Å². The van der Waals surface area contributed by atoms with Crippen LogP contribution in [0.3, 0.4) is 0 Å². The molecule has 31 heavy (non-hydrogen) atoms. The molecule has 0 bridgehead atoms. The zero-order chi connectivity index (χ0) is 22.5. The predicted molar refractivity (Wildman–Crippen MR) is 127 cm³/mol. The monoisotopic (exact) mass is 439 g/mol. The molecule has 1 aliphatic heterocycles. The van der Waals surface area contributed by atoms with Crippen molar-refractivity contribution < 1.29 is 14.3 Å². The molecule has 2 aromatic carbocycles. The number of anilines is 1. The number of rotatable bonds is 7. The molecule has 1 unspecified atom stereocenters. The molecule has 1 N–H and O–H groups in total. The number of amidine groups is 1. The first-order valence-electron chi connectivity index (χ1n) is 10.3. The van der Waals surface area contributed by atoms with Crippen LogP contribution in [0, 0.1) is 27.7 Å². The number of aryl methyl sites for hydroxylation is 3. The van der Waals surface area contributed by atoms with Crippen molar-refractivity contribution in [1.29, 1.82) is 0 Å². The van der Waals surface area contributed by atoms with Gasteiger partial charge in [-0.05, 0) is 62.1 Å². The molecule has 1 saturated heterocycles. The summed E-state index contributed by atoms with van der Waals surface area (Å²) in [6.45, 7) is 8.79. The molecular formula is C24H29N3O3S. The molecule has 1 fully saturated rings. The summed E-state index contributed by atoms with van der Waals surface area (Å²) in [7, 11) is 1.60. The average molecular weight is 440 g/mol. The van der Waals surface area contributed by atoms with Crippen LogP contribution in [-0.4, -0.2) is 47.4 Å². The molecule has 0 aliphatic carbocycles. The van der Waals surface area contributed by atoms with E-state index in [-0.39, 0.29) is 18.2 Å². The summed E-state index contributed by atoms with van der Waals surface area (Å²) in [6.07, 6.45) is 0.0895. The Kier molecular flexibility index (Phi) is 7.51. The molecule has 0 radical (unpaired) electrons. The molecule has 1 aliphatic rings. The summed E-state index contributed by atoms with van der Waals surface area (Å²) in [6, 6.07) is 11.9. The van der Waals surface area contributed by atoms with E-state index in [0.29, 0.717) is 18.3 Å². The Bertz CT molecular complexity index is 1020. The SMILES string of the molecule is COCCN1C(=O)C(CC(=O)Nc2cc(C)ccc2C)SC1=Nc1cccc(C)c1C. The number of aliphatic imine (C=N–C) groups is 1. The highest BCUT2D eigenvalue weighted by molar-refractivity contribution is 8.15. The van der Waals surface area contributed by atoms with Gasteiger partial charge in [0.15, 0.2) is 5.17 Å². The van der Waals surface area contributed by atoms with Gasteiger partial charge in [0.2, 0.25) is 11.8 Å². The molecule has 1 atom stereocenters. The highest BCUT2D eigenvalue weighted by atomic mass is 32.2. The van der Waals surface area contributed by atoms with E-state index < -0.39 is 5.25 Å². The van der Waals surface area contributed by atoms with Crippen LogP contribution in [-0.2, 0) is 14.3 Å². The Hall–Kier alpha value is -2.64. The third kappa shape index (κ3) is 5.54. The fourth-order valence-electron chi connectivity index (χ4n) is 3.31. The first-order chi connectivity index (χ1) is 14.8. The number of methoxy groups -OCH3 is 1. The number of hydrogen-bond acceptors (Lipinski definition) is 5. The smallest absolute Gasteiger partial charge is 0.242 e. The zero-order valence-corrected chi connectivity index (χ0v) is 19.5. The molecule has 0 saturated carbocycles. The van der Waals surface area contributed by atoms with Crippen molar-refractivity contribution in [2.45, 2.75) is 39.4 Å². The fraction of sp³-hybridized carbons (Fsp3) is 0.375. The maximum absolute atomic E-state index is 13.1. The van der Waals surface area contributed by atoms with Crippen molar-refractivity contribution in [2.75, 3.05) is 25.6 Å². The number of nitrogens with zero attached hydrogens (tertiary/aromatic N) is 2. The molecule has 0 spiro atoms. The maximum Gasteiger partial charge on any atom is 0.242 e. The highest BCUT2D eigenvalue weighted by Gasteiger charge is 2.39. The molecule has 3 rings (SSSR count). The Morgan fingerprint density at radius 3 is 2.68 bits per heavy atom. The third-order valence-electron chi connectivity index (χ3n) is 5.37. The number of benzene rings is 2. The zero-order valence-electron chi connectivity index (χ0n) is 18.7. The summed E-state index contributed by atoms with van der Waals surface area (Å²) in [5, 5.41) is 3.05. The van der Waals surface area contributed by atoms with Gasteiger partial charge in [-0.2, -0.15) is 0 Å². The van der Waals surface area contributed by atoms with Gasteiger partial charge in [-0.3, -0.25) is 14.5 Å². The number of carbonyl (C=O) groups is 2. The van der Waals surface area contributed by atoms with Gasteiger partial charge in [-0.1, -0.05) is 36.0 Å². The minimum Gasteiger partial charge on any atom is -0.383 e. The Morgan fingerprint density at radius 2 is 1.94 bits per heavy atom. The van der Waals surface area contributed by atoms with Gasteiger partial charge in [0.05, 0.1) is 18.8 Å². The van der Waals surface area contributed by atoms with Crippen LogP contribution >= 0.6 is 11.8 Å². The lowest BCUT2D eigenvalue weighted by molar-refractivity contribution is -0.128. The number of carbonyl (C=O) groups excluding carboxylic acids is 2. The first-order valence-corrected chi connectivity index (χ1v) is 11.2. The van der Waals surface area contributed by atoms with E-state index in [9.17, 15) is 9.59 Å². The summed E-state index contributed by atoms with van der Waals surface area (Å²) < 4.78 is 5.18. The summed E-state index contributed by atoms with van der Waals surface area (Å²) in [4.78, 5) is 32.2. The molecule has 7 heteroatoms. The highest BCUT2D eigenvalue weighted by Crippen LogP contribution is 2.33. The quantitative estimate of drug-likeness (QED) is 0.688. The normalized spacial score (nSPS) is 17.5. The van der Waals surface area contributed by atoms with Crippen LogP contribution in [0.1, 0.15) is 28.7 Å². The largest absolute Gasteiger partial charge is 0.383 e. The van der Waals surface area contributed by atoms with E-state index >= 15 is 0 Å². The van der Waals surface area contributed by atoms with Crippen LogP contribution in [0.2, 0.25) is 0 Å². The maximum atomic E-state index is 13.1. The van der Waals surface area contributed by atoms with Crippen LogP contribution in [0.5, 0.6) is 0 Å². The number of nitrogens with one attached hydrogen (secondary N) is 1. The van der Waals surface area contributed by atoms with Crippen molar-refractivity contribution >= 4 is 40.1 Å². The van der Waals surface area contributed by atoms with Crippen molar-refractivity contribution in [3.05, 3.63) is 58.7 Å². The molecule has 2 aromatic rings. The standard InChI is InChI=1S/C24H29N3O3S/c1-15-9-10-17(3)20(13-15)25-22(28)14-21-23(29)27(11-12-30-5)24(31-21)26-19-8-6-7-16(2)18(19)4/h6-10,13,21H,11-12,14H2,1-5H3,(H,25,28). The predicted octanol–water partition coefficient (Wildman–Crippen LogP) is 4.53. The van der Waals surface area contributed by atoms with Crippen LogP contribution in [0.15, 0.2) is 41.4 Å². The number of hydrogen-bond donors (Lipinski definition) is 1. The molecular weight excluding hydrogens is 410 g/mol. The molecule has 164 valence electrons. The Balaban J connectivity index is 1.79. The van der Waals surface area contributed by atoms with E-state index in [4.69, 9.17) is 9.73 Å². The minimum atomic E-state index is -0.508.